The number of benzene rings is 2. The highest BCUT2D eigenvalue weighted by Crippen LogP contribution is 2.52. The fourth-order valence-electron chi connectivity index (χ4n) is 9.79. The summed E-state index contributed by atoms with van der Waals surface area (Å²) in [7, 11) is 3.66. The van der Waals surface area contributed by atoms with Crippen LogP contribution in [-0.2, 0) is 28.7 Å². The number of carbonyl (C=O) groups is 6. The number of amides is 6. The minimum Gasteiger partial charge on any atom is -0.446 e. The van der Waals surface area contributed by atoms with Crippen molar-refractivity contribution in [3.63, 3.8) is 0 Å². The van der Waals surface area contributed by atoms with Crippen LogP contribution in [0, 0.1) is 47.3 Å². The van der Waals surface area contributed by atoms with Crippen LogP contribution in [0.1, 0.15) is 51.4 Å². The van der Waals surface area contributed by atoms with Crippen LogP contribution in [0.15, 0.2) is 60.7 Å². The minimum absolute atomic E-state index is 0.262. The molecule has 6 amide bonds. The van der Waals surface area contributed by atoms with Gasteiger partial charge in [-0.05, 0) is 115 Å². The summed E-state index contributed by atoms with van der Waals surface area (Å²) in [5.41, 5.74) is 1.12. The molecule has 8 rings (SSSR count). The van der Waals surface area contributed by atoms with Crippen molar-refractivity contribution in [2.45, 2.75) is 63.6 Å². The smallest absolute Gasteiger partial charge is 0.411 e. The van der Waals surface area contributed by atoms with Gasteiger partial charge in [-0.15, -0.1) is 0 Å². The van der Waals surface area contributed by atoms with E-state index in [1.54, 1.807) is 48.5 Å². The van der Waals surface area contributed by atoms with Crippen molar-refractivity contribution < 1.29 is 38.2 Å². The first kappa shape index (κ1) is 41.6. The fourth-order valence-corrected chi connectivity index (χ4v) is 9.79. The maximum Gasteiger partial charge on any atom is 0.411 e. The van der Waals surface area contributed by atoms with Gasteiger partial charge in [0.25, 0.3) is 0 Å². The molecule has 308 valence electrons. The largest absolute Gasteiger partial charge is 0.446 e. The predicted octanol–water partition coefficient (Wildman–Crippen LogP) is 3.64. The molecule has 2 aromatic carbocycles. The minimum atomic E-state index is -0.960. The van der Waals surface area contributed by atoms with Crippen molar-refractivity contribution in [3.05, 3.63) is 60.7 Å². The van der Waals surface area contributed by atoms with Gasteiger partial charge < -0.3 is 30.7 Å². The summed E-state index contributed by atoms with van der Waals surface area (Å²) >= 11 is 0. The van der Waals surface area contributed by atoms with Crippen LogP contribution in [0.3, 0.4) is 0 Å². The van der Waals surface area contributed by atoms with Gasteiger partial charge in [0.1, 0.15) is 12.2 Å². The van der Waals surface area contributed by atoms with Crippen LogP contribution in [0.5, 0.6) is 0 Å². The number of ether oxygens (including phenoxy) is 2. The van der Waals surface area contributed by atoms with Gasteiger partial charge >= 0.3 is 12.2 Å². The Morgan fingerprint density at radius 2 is 0.930 bits per heavy atom. The number of rotatable bonds is 16. The van der Waals surface area contributed by atoms with E-state index in [2.05, 4.69) is 37.2 Å². The molecule has 6 aliphatic carbocycles. The Morgan fingerprint density at radius 3 is 1.32 bits per heavy atom. The fraction of sp³-hybridized carbons (Fsp3) is 0.571. The molecule has 4 bridgehead atoms. The van der Waals surface area contributed by atoms with Crippen LogP contribution >= 0.6 is 0 Å². The zero-order valence-electron chi connectivity index (χ0n) is 32.8. The van der Waals surface area contributed by atoms with E-state index in [-0.39, 0.29) is 23.7 Å². The molecule has 7 N–H and O–H groups in total. The van der Waals surface area contributed by atoms with E-state index in [0.717, 1.165) is 0 Å². The average molecular weight is 788 g/mol. The summed E-state index contributed by atoms with van der Waals surface area (Å²) in [5, 5.41) is 20.3. The van der Waals surface area contributed by atoms with Gasteiger partial charge in [-0.3, -0.25) is 35.1 Å². The Morgan fingerprint density at radius 1 is 0.526 bits per heavy atom. The highest BCUT2D eigenvalue weighted by Gasteiger charge is 2.58. The van der Waals surface area contributed by atoms with Crippen molar-refractivity contribution in [3.8, 4) is 0 Å². The van der Waals surface area contributed by atoms with Crippen LogP contribution in [0.2, 0.25) is 0 Å². The molecule has 0 aliphatic heterocycles. The van der Waals surface area contributed by atoms with Crippen LogP contribution in [-0.4, -0.2) is 88.3 Å². The van der Waals surface area contributed by atoms with E-state index in [9.17, 15) is 28.8 Å². The number of hydrogen-bond donors (Lipinski definition) is 7. The van der Waals surface area contributed by atoms with Crippen molar-refractivity contribution in [2.75, 3.05) is 50.9 Å². The summed E-state index contributed by atoms with van der Waals surface area (Å²) < 4.78 is 11.9. The van der Waals surface area contributed by atoms with E-state index >= 15 is 0 Å². The standard InChI is InChI=1S/C42H57N7O8/c1-43-19-9-21-45-37(50)33-25-15-17-29(31(23-25)56-41(54)47-27-11-5-3-6-12-27)35(33)39(52)49-40(53)36-30-18-16-26(34(36)38(51)46-22-10-20-44-2)24-32(30)57-42(55)48-28-13-7-4-8-14-28/h3-8,11-14,25-26,29-36,43-44H,9-10,15-24H2,1-2H3,(H,45,50)(H,46,51)(H,47,54)(H,48,55)(H,49,52,53). The number of carbonyl (C=O) groups excluding carboxylic acids is 6. The molecule has 0 aromatic heterocycles. The van der Waals surface area contributed by atoms with E-state index in [4.69, 9.17) is 9.47 Å². The van der Waals surface area contributed by atoms with Gasteiger partial charge in [-0.1, -0.05) is 36.4 Å². The molecule has 0 heterocycles. The van der Waals surface area contributed by atoms with Crippen molar-refractivity contribution >= 4 is 47.2 Å². The zero-order valence-corrected chi connectivity index (χ0v) is 32.8. The number of imide groups is 1. The van der Waals surface area contributed by atoms with Gasteiger partial charge in [0, 0.05) is 36.3 Å². The monoisotopic (exact) mass is 787 g/mol. The highest BCUT2D eigenvalue weighted by atomic mass is 16.6. The second-order valence-electron chi connectivity index (χ2n) is 15.8. The summed E-state index contributed by atoms with van der Waals surface area (Å²) in [4.78, 5) is 83.0. The van der Waals surface area contributed by atoms with E-state index < -0.39 is 71.7 Å². The molecule has 15 heteroatoms. The summed E-state index contributed by atoms with van der Waals surface area (Å²) in [6, 6.07) is 17.8. The third kappa shape index (κ3) is 10.3. The first-order valence-electron chi connectivity index (χ1n) is 20.4. The Bertz CT molecular complexity index is 1590. The van der Waals surface area contributed by atoms with Crippen LogP contribution in [0.4, 0.5) is 21.0 Å². The Kier molecular flexibility index (Phi) is 14.5. The molecule has 10 unspecified atom stereocenters. The molecule has 6 saturated carbocycles. The zero-order chi connectivity index (χ0) is 40.3. The Labute approximate surface area is 333 Å². The Balaban J connectivity index is 1.22. The maximum absolute atomic E-state index is 14.6. The first-order chi connectivity index (χ1) is 27.7. The topological polar surface area (TPSA) is 205 Å². The van der Waals surface area contributed by atoms with Crippen molar-refractivity contribution in [2.24, 2.45) is 47.3 Å². The molecule has 10 atom stereocenters. The third-order valence-electron chi connectivity index (χ3n) is 12.3. The lowest BCUT2D eigenvalue weighted by atomic mass is 9.56. The quantitative estimate of drug-likeness (QED) is 0.0972. The molecule has 2 aromatic rings. The van der Waals surface area contributed by atoms with Gasteiger partial charge in [0.2, 0.25) is 23.6 Å². The van der Waals surface area contributed by atoms with Gasteiger partial charge in [-0.2, -0.15) is 0 Å². The SMILES string of the molecule is CNCCCNC(=O)C1C2CCC(C(OC(=O)Nc3ccccc3)C2)C1C(=O)NC(=O)C1C2CCC(CC2OC(=O)Nc2ccccc2)C1C(=O)NCCCNC. The summed E-state index contributed by atoms with van der Waals surface area (Å²) in [5.74, 6) is -6.77. The number of nitrogens with one attached hydrogen (secondary N) is 7. The second kappa shape index (κ2) is 19.9. The third-order valence-corrected chi connectivity index (χ3v) is 12.3. The van der Waals surface area contributed by atoms with Gasteiger partial charge in [0.15, 0.2) is 0 Å². The van der Waals surface area contributed by atoms with Crippen LogP contribution < -0.4 is 37.2 Å². The van der Waals surface area contributed by atoms with Crippen molar-refractivity contribution in [1.82, 2.24) is 26.6 Å². The van der Waals surface area contributed by atoms with Crippen molar-refractivity contribution in [1.29, 1.82) is 0 Å². The molecule has 15 nitrogen and oxygen atoms in total. The molecule has 0 spiro atoms. The summed E-state index contributed by atoms with van der Waals surface area (Å²) in [6.07, 6.45) is 1.97. The van der Waals surface area contributed by atoms with Crippen LogP contribution in [0.25, 0.3) is 0 Å². The number of anilines is 2. The molecular weight excluding hydrogens is 731 g/mol. The molecule has 6 aliphatic rings. The average Bonchev–Trinajstić information content (AvgIpc) is 3.21. The number of para-hydroxylation sites is 2. The first-order valence-corrected chi connectivity index (χ1v) is 20.4. The molecule has 0 saturated heterocycles. The van der Waals surface area contributed by atoms with E-state index in [0.29, 0.717) is 88.9 Å². The number of hydrogen-bond acceptors (Lipinski definition) is 10. The maximum atomic E-state index is 14.6. The Hall–Kier alpha value is -5.02. The number of fused-ring (bicyclic) bond motifs is 6. The predicted molar refractivity (Wildman–Crippen MR) is 213 cm³/mol. The van der Waals surface area contributed by atoms with Gasteiger partial charge in [0.05, 0.1) is 23.7 Å². The lowest BCUT2D eigenvalue weighted by Gasteiger charge is -2.51. The lowest BCUT2D eigenvalue weighted by molar-refractivity contribution is -0.161. The van der Waals surface area contributed by atoms with Gasteiger partial charge in [-0.25, -0.2) is 9.59 Å². The molecule has 6 fully saturated rings. The second-order valence-corrected chi connectivity index (χ2v) is 15.8. The van der Waals surface area contributed by atoms with E-state index in [1.807, 2.05) is 26.2 Å². The highest BCUT2D eigenvalue weighted by molar-refractivity contribution is 6.01. The van der Waals surface area contributed by atoms with E-state index in [1.165, 1.54) is 0 Å². The molecule has 0 radical (unpaired) electrons. The molecular formula is C42H57N7O8. The molecule has 57 heavy (non-hydrogen) atoms. The summed E-state index contributed by atoms with van der Waals surface area (Å²) in [6.45, 7) is 2.23. The normalized spacial score (nSPS) is 28.4. The lowest BCUT2D eigenvalue weighted by Crippen LogP contribution is -2.62.